The molecule has 2 aromatic rings. The molecule has 0 spiro atoms. The van der Waals surface area contributed by atoms with Crippen molar-refractivity contribution in [1.82, 2.24) is 4.90 Å². The van der Waals surface area contributed by atoms with E-state index in [4.69, 9.17) is 24.2 Å². The van der Waals surface area contributed by atoms with Gasteiger partial charge in [-0.25, -0.2) is 0 Å². The highest BCUT2D eigenvalue weighted by atomic mass is 16.7. The first-order valence-electron chi connectivity index (χ1n) is 20.6. The molecule has 0 aromatic heterocycles. The van der Waals surface area contributed by atoms with Gasteiger partial charge in [-0.2, -0.15) is 0 Å². The number of carbonyl (C=O) groups is 1. The Hall–Kier alpha value is -4.78. The van der Waals surface area contributed by atoms with Crippen LogP contribution < -0.4 is 9.47 Å². The first-order chi connectivity index (χ1) is 27.9. The number of fused-ring (bicyclic) bond motifs is 2. The highest BCUT2D eigenvalue weighted by molar-refractivity contribution is 6.03. The van der Waals surface area contributed by atoms with Gasteiger partial charge in [-0.3, -0.25) is 14.9 Å². The molecule has 1 amide bonds. The van der Waals surface area contributed by atoms with Crippen LogP contribution >= 0.6 is 0 Å². The summed E-state index contributed by atoms with van der Waals surface area (Å²) in [6.07, 6.45) is 14.4. The zero-order valence-corrected chi connectivity index (χ0v) is 34.5. The van der Waals surface area contributed by atoms with Crippen LogP contribution in [0.1, 0.15) is 96.1 Å². The number of hydrogen-bond donors (Lipinski definition) is 2. The fraction of sp³-hybridized carbons (Fsp3) is 0.522. The average Bonchev–Trinajstić information content (AvgIpc) is 3.20. The molecular weight excluding hydrogens is 739 g/mol. The number of amides is 1. The van der Waals surface area contributed by atoms with Crippen LogP contribution in [0, 0.1) is 27.9 Å². The summed E-state index contributed by atoms with van der Waals surface area (Å²) >= 11 is 0. The third-order valence-corrected chi connectivity index (χ3v) is 11.1. The average molecular weight is 800 g/mol. The Bertz CT molecular complexity index is 1830. The standard InChI is InChI=1S/C46H61N3O9/c1-7-24-48(42(52)23-18-32-16-19-34(20-17-32)49(53)54)41-31-39(47-58-45(4,5)6)37-29-33(14-10-12-25-50)36(15-11-13-26-51)43-38-30-35(55-27-8-2)21-22-40(38)57-46(41,44(37)43)56-28-9-3/h8-9,16-23,29-30,33,36,41,43-44,50-51H,2-3,7,10-15,24-28,31H2,1,4-6H3. The Balaban J connectivity index is 1.76. The zero-order chi connectivity index (χ0) is 41.9. The number of benzene rings is 2. The van der Waals surface area contributed by atoms with Crippen molar-refractivity contribution in [2.45, 2.75) is 102 Å². The molecule has 2 aliphatic carbocycles. The van der Waals surface area contributed by atoms with Gasteiger partial charge < -0.3 is 34.2 Å². The number of nitro groups is 1. The number of aliphatic hydroxyl groups is 2. The number of ether oxygens (including phenoxy) is 3. The third kappa shape index (κ3) is 10.3. The number of rotatable bonds is 21. The van der Waals surface area contributed by atoms with Crippen molar-refractivity contribution in [1.29, 1.82) is 0 Å². The van der Waals surface area contributed by atoms with Crippen molar-refractivity contribution in [3.63, 3.8) is 0 Å². The van der Waals surface area contributed by atoms with E-state index >= 15 is 0 Å². The fourth-order valence-corrected chi connectivity index (χ4v) is 8.72. The van der Waals surface area contributed by atoms with Gasteiger partial charge in [0.05, 0.1) is 23.2 Å². The van der Waals surface area contributed by atoms with Gasteiger partial charge in [0, 0.05) is 55.9 Å². The largest absolute Gasteiger partial charge is 0.490 e. The molecule has 1 aliphatic heterocycles. The lowest BCUT2D eigenvalue weighted by molar-refractivity contribution is -0.384. The number of non-ortho nitro benzene ring substituents is 1. The van der Waals surface area contributed by atoms with E-state index in [1.54, 1.807) is 30.4 Å². The van der Waals surface area contributed by atoms with Crippen LogP contribution in [0.2, 0.25) is 0 Å². The first kappa shape index (κ1) is 44.3. The van der Waals surface area contributed by atoms with Crippen molar-refractivity contribution < 1.29 is 39.0 Å². The van der Waals surface area contributed by atoms with Crippen molar-refractivity contribution in [3.8, 4) is 11.5 Å². The SMILES string of the molecule is C=CCOc1ccc2c(c1)C1C(CCCCO)C(CCCCO)C=C3C(=NOC(C)(C)C)CC(N(CCC)C(=O)C=Cc4ccc([N+](=O)[O-])cc4)C(OCC=C)(O2)C31. The molecule has 12 heteroatoms. The number of unbranched alkanes of at least 4 members (excludes halogenated alkanes) is 2. The van der Waals surface area contributed by atoms with E-state index in [0.29, 0.717) is 55.2 Å². The molecule has 5 rings (SSSR count). The van der Waals surface area contributed by atoms with Gasteiger partial charge in [0.2, 0.25) is 11.7 Å². The minimum atomic E-state index is -1.39. The quantitative estimate of drug-likeness (QED) is 0.0416. The van der Waals surface area contributed by atoms with Gasteiger partial charge >= 0.3 is 0 Å². The number of nitrogens with zero attached hydrogens (tertiary/aromatic N) is 3. The minimum Gasteiger partial charge on any atom is -0.490 e. The van der Waals surface area contributed by atoms with E-state index in [0.717, 1.165) is 36.8 Å². The molecule has 0 saturated heterocycles. The number of aliphatic hydroxyl groups excluding tert-OH is 2. The van der Waals surface area contributed by atoms with Crippen LogP contribution in [0.4, 0.5) is 5.69 Å². The lowest BCUT2D eigenvalue weighted by Crippen LogP contribution is -2.70. The monoisotopic (exact) mass is 799 g/mol. The summed E-state index contributed by atoms with van der Waals surface area (Å²) < 4.78 is 20.4. The number of carbonyl (C=O) groups excluding carboxylic acids is 1. The molecule has 0 radical (unpaired) electrons. The topological polar surface area (TPSA) is 153 Å². The van der Waals surface area contributed by atoms with Gasteiger partial charge in [-0.05, 0) is 112 Å². The predicted molar refractivity (Wildman–Crippen MR) is 226 cm³/mol. The smallest absolute Gasteiger partial charge is 0.269 e. The van der Waals surface area contributed by atoms with Crippen LogP contribution in [-0.4, -0.2) is 82.1 Å². The summed E-state index contributed by atoms with van der Waals surface area (Å²) in [4.78, 5) is 33.5. The summed E-state index contributed by atoms with van der Waals surface area (Å²) in [5, 5.41) is 35.9. The molecule has 1 fully saturated rings. The Kier molecular flexibility index (Phi) is 15.5. The van der Waals surface area contributed by atoms with Crippen LogP contribution in [0.3, 0.4) is 0 Å². The Morgan fingerprint density at radius 3 is 2.40 bits per heavy atom. The van der Waals surface area contributed by atoms with Crippen LogP contribution in [0.15, 0.2) is 90.7 Å². The molecule has 6 atom stereocenters. The molecule has 0 bridgehead atoms. The molecule has 6 unspecified atom stereocenters. The second-order valence-electron chi connectivity index (χ2n) is 16.3. The maximum Gasteiger partial charge on any atom is 0.269 e. The molecule has 314 valence electrons. The van der Waals surface area contributed by atoms with Gasteiger partial charge in [-0.15, -0.1) is 6.58 Å². The lowest BCUT2D eigenvalue weighted by atomic mass is 9.55. The molecule has 12 nitrogen and oxygen atoms in total. The first-order valence-corrected chi connectivity index (χ1v) is 20.6. The van der Waals surface area contributed by atoms with E-state index in [2.05, 4.69) is 25.3 Å². The molecular formula is C46H61N3O9. The number of oxime groups is 1. The Morgan fingerprint density at radius 2 is 1.76 bits per heavy atom. The van der Waals surface area contributed by atoms with E-state index in [9.17, 15) is 25.1 Å². The predicted octanol–water partition coefficient (Wildman–Crippen LogP) is 8.54. The lowest BCUT2D eigenvalue weighted by Gasteiger charge is -2.60. The molecule has 2 aromatic carbocycles. The van der Waals surface area contributed by atoms with E-state index in [-0.39, 0.29) is 55.6 Å². The normalized spacial score (nSPS) is 24.3. The van der Waals surface area contributed by atoms with E-state index in [1.807, 2.05) is 44.7 Å². The highest BCUT2D eigenvalue weighted by Gasteiger charge is 2.65. The van der Waals surface area contributed by atoms with Crippen molar-refractivity contribution in [2.75, 3.05) is 33.0 Å². The van der Waals surface area contributed by atoms with Crippen LogP contribution in [0.25, 0.3) is 6.08 Å². The maximum atomic E-state index is 14.6. The van der Waals surface area contributed by atoms with Crippen molar-refractivity contribution >= 4 is 23.4 Å². The summed E-state index contributed by atoms with van der Waals surface area (Å²) in [5.74, 6) is -0.808. The van der Waals surface area contributed by atoms with Crippen molar-refractivity contribution in [2.24, 2.45) is 22.9 Å². The maximum absolute atomic E-state index is 14.6. The molecule has 58 heavy (non-hydrogen) atoms. The molecule has 3 aliphatic rings. The minimum absolute atomic E-state index is 0.0331. The van der Waals surface area contributed by atoms with E-state index in [1.165, 1.54) is 18.2 Å². The molecule has 1 saturated carbocycles. The number of hydrogen-bond acceptors (Lipinski definition) is 10. The summed E-state index contributed by atoms with van der Waals surface area (Å²) in [6.45, 7) is 16.8. The van der Waals surface area contributed by atoms with Gasteiger partial charge in [0.1, 0.15) is 29.7 Å². The highest BCUT2D eigenvalue weighted by Crippen LogP contribution is 2.62. The third-order valence-electron chi connectivity index (χ3n) is 11.1. The molecule has 1 heterocycles. The Morgan fingerprint density at radius 1 is 1.05 bits per heavy atom. The van der Waals surface area contributed by atoms with Gasteiger partial charge in [0.15, 0.2) is 0 Å². The van der Waals surface area contributed by atoms with Crippen LogP contribution in [-0.2, 0) is 14.4 Å². The second-order valence-corrected chi connectivity index (χ2v) is 16.3. The zero-order valence-electron chi connectivity index (χ0n) is 34.5. The van der Waals surface area contributed by atoms with Crippen molar-refractivity contribution in [3.05, 3.63) is 107 Å². The second kappa shape index (κ2) is 20.3. The fourth-order valence-electron chi connectivity index (χ4n) is 8.72. The molecule has 2 N–H and O–H groups in total. The summed E-state index contributed by atoms with van der Waals surface area (Å²) in [7, 11) is 0. The summed E-state index contributed by atoms with van der Waals surface area (Å²) in [6, 6.07) is 11.2. The van der Waals surface area contributed by atoms with Gasteiger partial charge in [0.25, 0.3) is 5.69 Å². The summed E-state index contributed by atoms with van der Waals surface area (Å²) in [5.41, 5.74) is 2.65. The van der Waals surface area contributed by atoms with Crippen LogP contribution in [0.5, 0.6) is 11.5 Å². The number of allylic oxidation sites excluding steroid dienone is 1. The van der Waals surface area contributed by atoms with E-state index < -0.39 is 28.3 Å². The van der Waals surface area contributed by atoms with Gasteiger partial charge in [-0.1, -0.05) is 49.7 Å². The number of nitro benzene ring substituents is 1. The Labute approximate surface area is 343 Å².